The maximum Gasteiger partial charge on any atom is 0.127 e. The van der Waals surface area contributed by atoms with Crippen LogP contribution in [0.25, 0.3) is 6.08 Å². The van der Waals surface area contributed by atoms with Crippen molar-refractivity contribution in [2.24, 2.45) is 5.92 Å². The first kappa shape index (κ1) is 13.8. The normalized spacial score (nSPS) is 13.2. The van der Waals surface area contributed by atoms with Gasteiger partial charge in [0.1, 0.15) is 11.9 Å². The van der Waals surface area contributed by atoms with E-state index in [0.717, 1.165) is 17.9 Å². The van der Waals surface area contributed by atoms with Crippen molar-refractivity contribution in [2.75, 3.05) is 13.6 Å². The Morgan fingerprint density at radius 2 is 2.00 bits per heavy atom. The van der Waals surface area contributed by atoms with Gasteiger partial charge in [-0.2, -0.15) is 0 Å². The van der Waals surface area contributed by atoms with Crippen molar-refractivity contribution in [1.29, 1.82) is 0 Å². The Kier molecular flexibility index (Phi) is 5.78. The molecule has 0 aliphatic heterocycles. The van der Waals surface area contributed by atoms with Gasteiger partial charge in [-0.3, -0.25) is 0 Å². The summed E-state index contributed by atoms with van der Waals surface area (Å²) in [4.78, 5) is 0. The highest BCUT2D eigenvalue weighted by atomic mass is 16.5. The second-order valence-electron chi connectivity index (χ2n) is 4.50. The first-order chi connectivity index (χ1) is 8.19. The number of ether oxygens (including phenoxy) is 1. The van der Waals surface area contributed by atoms with Crippen molar-refractivity contribution in [3.05, 3.63) is 35.9 Å². The third kappa shape index (κ3) is 4.23. The number of rotatable bonds is 6. The van der Waals surface area contributed by atoms with Crippen LogP contribution in [0.1, 0.15) is 26.3 Å². The summed E-state index contributed by atoms with van der Waals surface area (Å²) >= 11 is 0. The molecular formula is C15H23NO. The fourth-order valence-corrected chi connectivity index (χ4v) is 1.68. The fraction of sp³-hybridized carbons (Fsp3) is 0.467. The molecule has 0 fully saturated rings. The molecule has 0 bridgehead atoms. The zero-order valence-corrected chi connectivity index (χ0v) is 11.2. The van der Waals surface area contributed by atoms with E-state index in [1.54, 1.807) is 0 Å². The Balaban J connectivity index is 2.84. The van der Waals surface area contributed by atoms with Gasteiger partial charge in [-0.15, -0.1) is 0 Å². The molecule has 17 heavy (non-hydrogen) atoms. The lowest BCUT2D eigenvalue weighted by atomic mass is 10.1. The van der Waals surface area contributed by atoms with Crippen LogP contribution in [0.4, 0.5) is 0 Å². The van der Waals surface area contributed by atoms with Gasteiger partial charge in [0.25, 0.3) is 0 Å². The van der Waals surface area contributed by atoms with Gasteiger partial charge in [0.05, 0.1) is 0 Å². The van der Waals surface area contributed by atoms with Crippen molar-refractivity contribution >= 4 is 6.08 Å². The van der Waals surface area contributed by atoms with E-state index in [2.05, 4.69) is 31.3 Å². The van der Waals surface area contributed by atoms with Crippen LogP contribution in [0.2, 0.25) is 0 Å². The average Bonchev–Trinajstić information content (AvgIpc) is 2.31. The lowest BCUT2D eigenvalue weighted by molar-refractivity contribution is 0.151. The van der Waals surface area contributed by atoms with Crippen LogP contribution in [-0.2, 0) is 0 Å². The molecule has 1 unspecified atom stereocenters. The minimum atomic E-state index is 0.200. The summed E-state index contributed by atoms with van der Waals surface area (Å²) in [7, 11) is 1.95. The summed E-state index contributed by atoms with van der Waals surface area (Å²) in [5.41, 5.74) is 1.14. The summed E-state index contributed by atoms with van der Waals surface area (Å²) in [6, 6.07) is 8.15. The SMILES string of the molecule is CC=Cc1ccccc1OC(CNC)C(C)C. The Hall–Kier alpha value is -1.28. The lowest BCUT2D eigenvalue weighted by Crippen LogP contribution is -2.33. The monoisotopic (exact) mass is 233 g/mol. The maximum absolute atomic E-state index is 6.09. The highest BCUT2D eigenvalue weighted by Gasteiger charge is 2.15. The van der Waals surface area contributed by atoms with Gasteiger partial charge in [-0.25, -0.2) is 0 Å². The van der Waals surface area contributed by atoms with E-state index in [-0.39, 0.29) is 6.10 Å². The van der Waals surface area contributed by atoms with Crippen LogP contribution in [0.5, 0.6) is 5.75 Å². The van der Waals surface area contributed by atoms with E-state index in [1.807, 2.05) is 38.2 Å². The molecule has 0 aliphatic carbocycles. The largest absolute Gasteiger partial charge is 0.488 e. The molecule has 0 heterocycles. The quantitative estimate of drug-likeness (QED) is 0.813. The first-order valence-corrected chi connectivity index (χ1v) is 6.22. The van der Waals surface area contributed by atoms with E-state index in [4.69, 9.17) is 4.74 Å². The molecule has 94 valence electrons. The van der Waals surface area contributed by atoms with Crippen molar-refractivity contribution in [3.8, 4) is 5.75 Å². The molecule has 1 atom stereocenters. The summed E-state index contributed by atoms with van der Waals surface area (Å²) < 4.78 is 6.09. The highest BCUT2D eigenvalue weighted by Crippen LogP contribution is 2.22. The van der Waals surface area contributed by atoms with E-state index in [0.29, 0.717) is 5.92 Å². The molecule has 1 rings (SSSR count). The van der Waals surface area contributed by atoms with Gasteiger partial charge in [-0.1, -0.05) is 44.2 Å². The molecule has 2 heteroatoms. The minimum Gasteiger partial charge on any atom is -0.488 e. The molecule has 0 amide bonds. The van der Waals surface area contributed by atoms with Crippen LogP contribution >= 0.6 is 0 Å². The van der Waals surface area contributed by atoms with Crippen molar-refractivity contribution in [2.45, 2.75) is 26.9 Å². The van der Waals surface area contributed by atoms with Gasteiger partial charge >= 0.3 is 0 Å². The van der Waals surface area contributed by atoms with Crippen LogP contribution in [-0.4, -0.2) is 19.7 Å². The Morgan fingerprint density at radius 3 is 2.59 bits per heavy atom. The number of allylic oxidation sites excluding steroid dienone is 1. The fourth-order valence-electron chi connectivity index (χ4n) is 1.68. The number of likely N-dealkylation sites (N-methyl/N-ethyl adjacent to an activating group) is 1. The predicted molar refractivity (Wildman–Crippen MR) is 74.3 cm³/mol. The Bertz CT molecular complexity index is 358. The van der Waals surface area contributed by atoms with Gasteiger partial charge in [0.2, 0.25) is 0 Å². The minimum absolute atomic E-state index is 0.200. The number of para-hydroxylation sites is 1. The van der Waals surface area contributed by atoms with Crippen molar-refractivity contribution in [1.82, 2.24) is 5.32 Å². The average molecular weight is 233 g/mol. The van der Waals surface area contributed by atoms with Gasteiger partial charge in [0.15, 0.2) is 0 Å². The molecule has 1 aromatic rings. The summed E-state index contributed by atoms with van der Waals surface area (Å²) in [6.45, 7) is 7.24. The van der Waals surface area contributed by atoms with Crippen LogP contribution < -0.4 is 10.1 Å². The summed E-state index contributed by atoms with van der Waals surface area (Å²) in [5, 5.41) is 3.18. The summed E-state index contributed by atoms with van der Waals surface area (Å²) in [6.07, 6.45) is 4.31. The zero-order chi connectivity index (χ0) is 12.7. The van der Waals surface area contributed by atoms with Gasteiger partial charge in [-0.05, 0) is 26.0 Å². The number of benzene rings is 1. The second-order valence-corrected chi connectivity index (χ2v) is 4.50. The molecule has 0 radical (unpaired) electrons. The molecule has 0 saturated heterocycles. The number of hydrogen-bond acceptors (Lipinski definition) is 2. The molecule has 0 spiro atoms. The number of nitrogens with one attached hydrogen (secondary N) is 1. The lowest BCUT2D eigenvalue weighted by Gasteiger charge is -2.23. The Labute approximate surface area is 105 Å². The smallest absolute Gasteiger partial charge is 0.127 e. The molecule has 1 N–H and O–H groups in total. The van der Waals surface area contributed by atoms with Gasteiger partial charge < -0.3 is 10.1 Å². The third-order valence-electron chi connectivity index (χ3n) is 2.69. The summed E-state index contributed by atoms with van der Waals surface area (Å²) in [5.74, 6) is 1.45. The number of hydrogen-bond donors (Lipinski definition) is 1. The standard InChI is InChI=1S/C15H23NO/c1-5-8-13-9-6-7-10-14(13)17-15(11-16-4)12(2)3/h5-10,12,15-16H,11H2,1-4H3. The van der Waals surface area contributed by atoms with E-state index in [1.165, 1.54) is 0 Å². The van der Waals surface area contributed by atoms with Crippen LogP contribution in [0.3, 0.4) is 0 Å². The predicted octanol–water partition coefficient (Wildman–Crippen LogP) is 3.34. The first-order valence-electron chi connectivity index (χ1n) is 6.22. The third-order valence-corrected chi connectivity index (χ3v) is 2.69. The molecule has 0 aromatic heterocycles. The molecule has 1 aromatic carbocycles. The molecule has 0 aliphatic rings. The zero-order valence-electron chi connectivity index (χ0n) is 11.2. The van der Waals surface area contributed by atoms with Crippen LogP contribution in [0.15, 0.2) is 30.3 Å². The van der Waals surface area contributed by atoms with E-state index >= 15 is 0 Å². The van der Waals surface area contributed by atoms with Gasteiger partial charge in [0, 0.05) is 12.1 Å². The highest BCUT2D eigenvalue weighted by molar-refractivity contribution is 5.56. The van der Waals surface area contributed by atoms with E-state index in [9.17, 15) is 0 Å². The van der Waals surface area contributed by atoms with Crippen molar-refractivity contribution in [3.63, 3.8) is 0 Å². The topological polar surface area (TPSA) is 21.3 Å². The molecular weight excluding hydrogens is 210 g/mol. The van der Waals surface area contributed by atoms with Crippen molar-refractivity contribution < 1.29 is 4.74 Å². The Morgan fingerprint density at radius 1 is 1.29 bits per heavy atom. The van der Waals surface area contributed by atoms with E-state index < -0.39 is 0 Å². The maximum atomic E-state index is 6.09. The molecule has 2 nitrogen and oxygen atoms in total. The molecule has 0 saturated carbocycles. The second kappa shape index (κ2) is 7.13. The van der Waals surface area contributed by atoms with Crippen LogP contribution in [0, 0.1) is 5.92 Å².